The van der Waals surface area contributed by atoms with E-state index in [2.05, 4.69) is 10.1 Å². The number of anilines is 1. The maximum absolute atomic E-state index is 14.1. The van der Waals surface area contributed by atoms with Crippen molar-refractivity contribution in [3.63, 3.8) is 0 Å². The van der Waals surface area contributed by atoms with Crippen molar-refractivity contribution < 1.29 is 54.4 Å². The standard InChI is InChI=1S/C28H30F6N2O6S/c1-6-41-21(37)14-26(27(29,30)31,28(32,33)34)17-7-9-18(10-8-17)35-23(38)22-20-12-11-19(43(5)40)13-16(20)15-36(22)24(39)42-25(2,3)4/h7-13,22H,6,14-15H2,1-5H3,(H,35,38). The molecule has 1 N–H and O–H groups in total. The first-order valence-corrected chi connectivity index (χ1v) is 14.4. The van der Waals surface area contributed by atoms with Gasteiger partial charge in [0.25, 0.3) is 5.91 Å². The lowest BCUT2D eigenvalue weighted by Gasteiger charge is -2.37. The quantitative estimate of drug-likeness (QED) is 0.288. The van der Waals surface area contributed by atoms with Crippen LogP contribution in [0.4, 0.5) is 36.8 Å². The van der Waals surface area contributed by atoms with Crippen LogP contribution in [0.25, 0.3) is 0 Å². The molecule has 2 aromatic carbocycles. The number of hydrogen-bond donors (Lipinski definition) is 1. The number of carbonyl (C=O) groups is 3. The fourth-order valence-electron chi connectivity index (χ4n) is 4.65. The van der Waals surface area contributed by atoms with Gasteiger partial charge in [0.1, 0.15) is 11.6 Å². The van der Waals surface area contributed by atoms with Crippen LogP contribution < -0.4 is 5.32 Å². The minimum Gasteiger partial charge on any atom is -0.466 e. The molecule has 3 rings (SSSR count). The summed E-state index contributed by atoms with van der Waals surface area (Å²) in [5.41, 5.74) is -6.06. The van der Waals surface area contributed by atoms with Crippen molar-refractivity contribution in [1.82, 2.24) is 4.90 Å². The molecule has 0 radical (unpaired) electrons. The third-order valence-corrected chi connectivity index (χ3v) is 7.52. The summed E-state index contributed by atoms with van der Waals surface area (Å²) in [6.07, 6.45) is -13.3. The summed E-state index contributed by atoms with van der Waals surface area (Å²) in [6, 6.07) is 6.03. The van der Waals surface area contributed by atoms with E-state index >= 15 is 0 Å². The molecule has 0 saturated heterocycles. The van der Waals surface area contributed by atoms with E-state index in [9.17, 15) is 44.9 Å². The van der Waals surface area contributed by atoms with Gasteiger partial charge in [-0.15, -0.1) is 0 Å². The number of carbonyl (C=O) groups excluding carboxylic acids is 3. The molecule has 2 unspecified atom stereocenters. The van der Waals surface area contributed by atoms with Gasteiger partial charge < -0.3 is 14.8 Å². The molecule has 1 aliphatic rings. The number of halogens is 6. The number of rotatable bonds is 7. The van der Waals surface area contributed by atoms with E-state index in [0.29, 0.717) is 28.2 Å². The SMILES string of the molecule is CCOC(=O)CC(c1ccc(NC(=O)C2c3ccc(S(C)=O)cc3CN2C(=O)OC(C)(C)C)cc1)(C(F)(F)F)C(F)(F)F. The van der Waals surface area contributed by atoms with Gasteiger partial charge in [-0.05, 0) is 68.7 Å². The summed E-state index contributed by atoms with van der Waals surface area (Å²) >= 11 is 0. The number of fused-ring (bicyclic) bond motifs is 1. The Balaban J connectivity index is 1.99. The van der Waals surface area contributed by atoms with Crippen LogP contribution in [0.2, 0.25) is 0 Å². The Morgan fingerprint density at radius 1 is 0.977 bits per heavy atom. The topological polar surface area (TPSA) is 102 Å². The average molecular weight is 637 g/mol. The minimum absolute atomic E-state index is 0.0835. The van der Waals surface area contributed by atoms with E-state index in [4.69, 9.17) is 4.74 Å². The Morgan fingerprint density at radius 2 is 1.56 bits per heavy atom. The van der Waals surface area contributed by atoms with E-state index in [1.807, 2.05) is 0 Å². The molecular weight excluding hydrogens is 606 g/mol. The van der Waals surface area contributed by atoms with Crippen LogP contribution in [-0.4, -0.2) is 57.9 Å². The lowest BCUT2D eigenvalue weighted by atomic mass is 9.76. The zero-order chi connectivity index (χ0) is 32.5. The van der Waals surface area contributed by atoms with Gasteiger partial charge in [-0.3, -0.25) is 18.7 Å². The van der Waals surface area contributed by atoms with Crippen molar-refractivity contribution >= 4 is 34.5 Å². The smallest absolute Gasteiger partial charge is 0.411 e. The molecule has 43 heavy (non-hydrogen) atoms. The van der Waals surface area contributed by atoms with Gasteiger partial charge in [0.2, 0.25) is 0 Å². The van der Waals surface area contributed by atoms with E-state index < -0.39 is 76.8 Å². The monoisotopic (exact) mass is 636 g/mol. The van der Waals surface area contributed by atoms with Crippen LogP contribution in [0.15, 0.2) is 47.4 Å². The predicted octanol–water partition coefficient (Wildman–Crippen LogP) is 6.17. The van der Waals surface area contributed by atoms with Gasteiger partial charge in [-0.1, -0.05) is 18.2 Å². The highest BCUT2D eigenvalue weighted by Gasteiger charge is 2.72. The molecule has 0 saturated carbocycles. The molecule has 0 spiro atoms. The van der Waals surface area contributed by atoms with Crippen molar-refractivity contribution in [3.05, 3.63) is 59.2 Å². The van der Waals surface area contributed by atoms with Gasteiger partial charge in [0, 0.05) is 27.6 Å². The zero-order valence-corrected chi connectivity index (χ0v) is 24.6. The van der Waals surface area contributed by atoms with Gasteiger partial charge in [0.05, 0.1) is 19.6 Å². The Bertz CT molecular complexity index is 1390. The van der Waals surface area contributed by atoms with Crippen molar-refractivity contribution in [2.45, 2.75) is 75.0 Å². The first kappa shape index (κ1) is 33.9. The number of nitrogens with one attached hydrogen (secondary N) is 1. The van der Waals surface area contributed by atoms with Gasteiger partial charge in [0.15, 0.2) is 5.41 Å². The second-order valence-corrected chi connectivity index (χ2v) is 12.2. The number of nitrogens with zero attached hydrogens (tertiary/aromatic N) is 1. The number of ether oxygens (including phenoxy) is 2. The van der Waals surface area contributed by atoms with Crippen LogP contribution in [0, 0.1) is 0 Å². The van der Waals surface area contributed by atoms with Gasteiger partial charge in [-0.2, -0.15) is 26.3 Å². The van der Waals surface area contributed by atoms with Crippen molar-refractivity contribution in [1.29, 1.82) is 0 Å². The Hall–Kier alpha value is -3.62. The Morgan fingerprint density at radius 3 is 2.05 bits per heavy atom. The van der Waals surface area contributed by atoms with Crippen LogP contribution in [0.5, 0.6) is 0 Å². The second kappa shape index (κ2) is 12.2. The van der Waals surface area contributed by atoms with Gasteiger partial charge in [-0.25, -0.2) is 4.79 Å². The Labute approximate surface area is 246 Å². The maximum atomic E-state index is 14.1. The predicted molar refractivity (Wildman–Crippen MR) is 143 cm³/mol. The first-order chi connectivity index (χ1) is 19.7. The number of esters is 1. The minimum atomic E-state index is -5.93. The molecular formula is C28H30F6N2O6S. The molecule has 15 heteroatoms. The number of hydrogen-bond acceptors (Lipinski definition) is 6. The van der Waals surface area contributed by atoms with Crippen LogP contribution in [0.3, 0.4) is 0 Å². The van der Waals surface area contributed by atoms with Gasteiger partial charge >= 0.3 is 24.4 Å². The molecule has 0 aliphatic carbocycles. The summed E-state index contributed by atoms with van der Waals surface area (Å²) < 4.78 is 106. The van der Waals surface area contributed by atoms with Crippen LogP contribution in [0.1, 0.15) is 56.8 Å². The molecule has 0 aromatic heterocycles. The summed E-state index contributed by atoms with van der Waals surface area (Å²) in [6.45, 7) is 5.60. The number of amides is 2. The summed E-state index contributed by atoms with van der Waals surface area (Å²) in [7, 11) is -1.36. The molecule has 0 bridgehead atoms. The lowest BCUT2D eigenvalue weighted by Crippen LogP contribution is -2.55. The molecule has 1 aliphatic heterocycles. The fourth-order valence-corrected chi connectivity index (χ4v) is 5.22. The molecule has 0 fully saturated rings. The Kier molecular flexibility index (Phi) is 9.59. The van der Waals surface area contributed by atoms with E-state index in [0.717, 1.165) is 17.0 Å². The van der Waals surface area contributed by atoms with E-state index in [1.165, 1.54) is 25.3 Å². The zero-order valence-electron chi connectivity index (χ0n) is 23.8. The summed E-state index contributed by atoms with van der Waals surface area (Å²) in [4.78, 5) is 39.9. The van der Waals surface area contributed by atoms with Crippen molar-refractivity contribution in [2.75, 3.05) is 18.2 Å². The number of benzene rings is 2. The fraction of sp³-hybridized carbons (Fsp3) is 0.464. The van der Waals surface area contributed by atoms with Crippen LogP contribution >= 0.6 is 0 Å². The van der Waals surface area contributed by atoms with Crippen LogP contribution in [-0.2, 0) is 41.8 Å². The molecule has 2 atom stereocenters. The molecule has 236 valence electrons. The molecule has 8 nitrogen and oxygen atoms in total. The molecule has 2 amide bonds. The third kappa shape index (κ3) is 7.13. The first-order valence-electron chi connectivity index (χ1n) is 12.9. The average Bonchev–Trinajstić information content (AvgIpc) is 3.25. The van der Waals surface area contributed by atoms with Crippen molar-refractivity contribution in [3.8, 4) is 0 Å². The van der Waals surface area contributed by atoms with E-state index in [1.54, 1.807) is 26.8 Å². The highest BCUT2D eigenvalue weighted by molar-refractivity contribution is 7.84. The third-order valence-electron chi connectivity index (χ3n) is 6.60. The molecule has 2 aromatic rings. The maximum Gasteiger partial charge on any atom is 0.411 e. The summed E-state index contributed by atoms with van der Waals surface area (Å²) in [5.74, 6) is -2.51. The van der Waals surface area contributed by atoms with E-state index in [-0.39, 0.29) is 12.2 Å². The highest BCUT2D eigenvalue weighted by Crippen LogP contribution is 2.54. The highest BCUT2D eigenvalue weighted by atomic mass is 32.2. The summed E-state index contributed by atoms with van der Waals surface area (Å²) in [5, 5.41) is 2.42. The second-order valence-electron chi connectivity index (χ2n) is 10.8. The normalized spacial score (nSPS) is 16.3. The lowest BCUT2D eigenvalue weighted by molar-refractivity contribution is -0.305. The van der Waals surface area contributed by atoms with Crippen molar-refractivity contribution in [2.24, 2.45) is 0 Å². The largest absolute Gasteiger partial charge is 0.466 e. The number of alkyl halides is 6. The molecule has 1 heterocycles.